The van der Waals surface area contributed by atoms with Crippen LogP contribution >= 0.6 is 38.7 Å². The minimum Gasteiger partial charge on any atom is -0.395 e. The molecule has 0 amide bonds. The highest BCUT2D eigenvalue weighted by molar-refractivity contribution is 8.00. The Morgan fingerprint density at radius 1 is 0.376 bits per heavy atom. The van der Waals surface area contributed by atoms with Gasteiger partial charge in [-0.05, 0) is 41.8 Å². The van der Waals surface area contributed by atoms with Crippen LogP contribution in [0.2, 0.25) is 0 Å². The molecule has 0 fully saturated rings. The standard InChI is InChI=1S/C12H16N2O2.C12H19NO5S.C7H14N2O2.C6H16NO5P.2C6H15NO5S.C5H13O5PS.C5H12O5S2/c13-9-11-1-3-12(4-2-11)10-14(5-7-15)6-8-16;14-9-7-13(8-10-15)6-5-11-1-3-12(4-2-11)19(16,17)18;8-2-1-3-9(4-6-10)5-7-11;3*8-4-1-7(2-5-9)3-6-13(10,11)12;6-3-5(7)4-12-2-1-11(8,9)10;6-3-5(7)4-11-1-2-12(8,9)10/h1-4,15-16H,5-8,10H2;1-4,14-15H,5-10H2,(H,16,17,18);10-11H,1,3-7H2;8-9H,1-6H2,(H2,10,11,12);2*8-9H,1-6H2,(H,10,11,12);5-7H,1-4H2,(H2,8,9,10);5-7H,1-4H2,(H,8,9,10). The van der Waals surface area contributed by atoms with Crippen LogP contribution in [-0.4, -0.2) is 451 Å². The second-order valence-corrected chi connectivity index (χ2v) is 34.2. The van der Waals surface area contributed by atoms with Crippen molar-refractivity contribution < 1.29 is 162 Å². The second-order valence-electron chi connectivity index (χ2n) is 22.2. The zero-order valence-electron chi connectivity index (χ0n) is 60.9. The van der Waals surface area contributed by atoms with E-state index in [0.29, 0.717) is 102 Å². The fourth-order valence-electron chi connectivity index (χ4n) is 7.56. The number of rotatable bonds is 53. The summed E-state index contributed by atoms with van der Waals surface area (Å²) in [6.45, 7) is 6.41. The fraction of sp³-hybridized carbons (Fsp3) is 0.763. The summed E-state index contributed by atoms with van der Waals surface area (Å²) in [4.78, 5) is 44.3. The molecule has 0 heterocycles. The Morgan fingerprint density at radius 2 is 0.679 bits per heavy atom. The lowest BCUT2D eigenvalue weighted by Crippen LogP contribution is -2.34. The van der Waals surface area contributed by atoms with Crippen molar-refractivity contribution in [3.63, 3.8) is 0 Å². The molecule has 0 bridgehead atoms. The Hall–Kier alpha value is -2.82. The summed E-state index contributed by atoms with van der Waals surface area (Å²) in [7, 11) is -23.8. The van der Waals surface area contributed by atoms with Crippen molar-refractivity contribution in [1.29, 1.82) is 10.5 Å². The summed E-state index contributed by atoms with van der Waals surface area (Å²) in [5.41, 5.74) is 2.63. The predicted octanol–water partition coefficient (Wildman–Crippen LogP) is -7.72. The van der Waals surface area contributed by atoms with Gasteiger partial charge in [-0.2, -0.15) is 67.7 Å². The second kappa shape index (κ2) is 74.0. The molecule has 646 valence electrons. The van der Waals surface area contributed by atoms with Crippen molar-refractivity contribution in [3.8, 4) is 12.1 Å². The molecule has 0 aliphatic carbocycles. The van der Waals surface area contributed by atoms with Crippen molar-refractivity contribution in [1.82, 2.24) is 29.4 Å². The van der Waals surface area contributed by atoms with Gasteiger partial charge in [0.05, 0.1) is 157 Å². The molecule has 0 aliphatic rings. The average Bonchev–Trinajstić information content (AvgIpc) is 0.860. The van der Waals surface area contributed by atoms with Gasteiger partial charge in [0.25, 0.3) is 40.5 Å². The molecule has 0 aliphatic heterocycles. The first-order valence-corrected chi connectivity index (χ1v) is 45.4. The maximum absolute atomic E-state index is 10.9. The molecule has 0 radical (unpaired) electrons. The Morgan fingerprint density at radius 3 is 0.972 bits per heavy atom. The third kappa shape index (κ3) is 89.0. The van der Waals surface area contributed by atoms with Crippen LogP contribution in [0.5, 0.6) is 0 Å². The van der Waals surface area contributed by atoms with Gasteiger partial charge in [0, 0.05) is 147 Å². The summed E-state index contributed by atoms with van der Waals surface area (Å²) in [6.07, 6.45) is -0.933. The molecule has 2 unspecified atom stereocenters. The molecule has 0 spiro atoms. The molecule has 42 nitrogen and oxygen atoms in total. The molecule has 0 aromatic heterocycles. The SMILES string of the molecule is N#CCCN(CCO)CCO.N#Cc1ccc(CN(CCO)CCO)cc1.O=P(O)(O)CCN(CCO)CCO.O=P(O)(O)CCSCC(O)CO.O=S(=O)(O)CCN(CCO)CCO.O=S(=O)(O)CCN(CCO)CCO.O=S(=O)(O)CCSCC(O)CO.O=S(=O)(O)c1ccc(CCN(CCO)CCO)cc1. The molecule has 2 aromatic carbocycles. The van der Waals surface area contributed by atoms with Gasteiger partial charge in [-0.1, -0.05) is 24.3 Å². The van der Waals surface area contributed by atoms with Gasteiger partial charge in [0.15, 0.2) is 0 Å². The van der Waals surface area contributed by atoms with E-state index < -0.39 is 67.9 Å². The number of benzene rings is 2. The summed E-state index contributed by atoms with van der Waals surface area (Å²) < 4.78 is 138. The van der Waals surface area contributed by atoms with Crippen molar-refractivity contribution in [2.24, 2.45) is 0 Å². The van der Waals surface area contributed by atoms with E-state index in [1.54, 1.807) is 39.0 Å². The van der Waals surface area contributed by atoms with Crippen LogP contribution in [0.15, 0.2) is 53.4 Å². The van der Waals surface area contributed by atoms with Gasteiger partial charge in [-0.3, -0.25) is 56.7 Å². The zero-order chi connectivity index (χ0) is 84.8. The normalized spacial score (nSPS) is 12.3. The smallest absolute Gasteiger partial charge is 0.326 e. The van der Waals surface area contributed by atoms with Gasteiger partial charge < -0.3 is 101 Å². The maximum atomic E-state index is 10.9. The van der Waals surface area contributed by atoms with Crippen LogP contribution in [0.4, 0.5) is 0 Å². The topological polar surface area (TPSA) is 723 Å². The number of hydrogen-bond acceptors (Lipinski definition) is 36. The Bertz CT molecular complexity index is 3020. The molecular formula is C59H120N8O34P2S6. The molecule has 50 heteroatoms. The molecule has 2 aromatic rings. The van der Waals surface area contributed by atoms with Crippen LogP contribution in [0.3, 0.4) is 0 Å². The molecule has 109 heavy (non-hydrogen) atoms. The zero-order valence-corrected chi connectivity index (χ0v) is 67.6. The first-order valence-electron chi connectivity index (χ1n) is 33.3. The first kappa shape index (κ1) is 117. The van der Waals surface area contributed by atoms with Crippen molar-refractivity contribution in [2.75, 3.05) is 256 Å². The molecule has 24 N–H and O–H groups in total. The van der Waals surface area contributed by atoms with Gasteiger partial charge in [0.2, 0.25) is 0 Å². The Balaban J connectivity index is -0.000000280. The van der Waals surface area contributed by atoms with Crippen LogP contribution < -0.4 is 0 Å². The van der Waals surface area contributed by atoms with Crippen molar-refractivity contribution in [2.45, 2.75) is 36.5 Å². The number of nitriles is 2. The number of aliphatic hydroxyl groups excluding tert-OH is 16. The fourth-order valence-corrected chi connectivity index (χ4v) is 13.4. The van der Waals surface area contributed by atoms with E-state index in [1.165, 1.54) is 23.9 Å². The quantitative estimate of drug-likeness (QED) is 0.0166. The summed E-state index contributed by atoms with van der Waals surface area (Å²) in [6, 6.07) is 17.4. The minimum atomic E-state index is -4.14. The summed E-state index contributed by atoms with van der Waals surface area (Å²) in [5, 5.41) is 155. The lowest BCUT2D eigenvalue weighted by Gasteiger charge is -2.19. The van der Waals surface area contributed by atoms with Crippen molar-refractivity contribution in [3.05, 3.63) is 65.2 Å². The van der Waals surface area contributed by atoms with Crippen LogP contribution in [0.25, 0.3) is 0 Å². The highest BCUT2D eigenvalue weighted by Gasteiger charge is 2.17. The molecule has 2 rings (SSSR count). The minimum absolute atomic E-state index is 0.0295. The van der Waals surface area contributed by atoms with Crippen molar-refractivity contribution >= 4 is 79.2 Å². The molecular weight excluding hydrogens is 1620 g/mol. The number of hydrogen-bond donors (Lipinski definition) is 24. The Labute approximate surface area is 648 Å². The number of thioether (sulfide) groups is 2. The van der Waals surface area contributed by atoms with E-state index in [0.717, 1.165) is 22.9 Å². The third-order valence-corrected chi connectivity index (χ3v) is 20.4. The van der Waals surface area contributed by atoms with Gasteiger partial charge in [-0.15, -0.1) is 0 Å². The average molecular weight is 1740 g/mol. The van der Waals surface area contributed by atoms with E-state index in [9.17, 15) is 42.8 Å². The highest BCUT2D eigenvalue weighted by atomic mass is 32.2. The monoisotopic (exact) mass is 1740 g/mol. The maximum Gasteiger partial charge on any atom is 0.326 e. The van der Waals surface area contributed by atoms with E-state index in [2.05, 4.69) is 6.07 Å². The third-order valence-electron chi connectivity index (χ3n) is 13.1. The van der Waals surface area contributed by atoms with Gasteiger partial charge in [0.1, 0.15) is 0 Å². The molecule has 2 atom stereocenters. The van der Waals surface area contributed by atoms with Crippen LogP contribution in [0.1, 0.15) is 23.1 Å². The van der Waals surface area contributed by atoms with Gasteiger partial charge in [-0.25, -0.2) is 0 Å². The highest BCUT2D eigenvalue weighted by Crippen LogP contribution is 2.35. The van der Waals surface area contributed by atoms with E-state index in [4.69, 9.17) is 130 Å². The lowest BCUT2D eigenvalue weighted by molar-refractivity contribution is 0.113. The number of nitrogens with zero attached hydrogens (tertiary/aromatic N) is 8. The van der Waals surface area contributed by atoms with Gasteiger partial charge >= 0.3 is 15.2 Å². The summed E-state index contributed by atoms with van der Waals surface area (Å²) >= 11 is 2.37. The summed E-state index contributed by atoms with van der Waals surface area (Å²) in [5.74, 6) is -0.00440. The van der Waals surface area contributed by atoms with E-state index in [-0.39, 0.29) is 184 Å². The first-order chi connectivity index (χ1) is 51.0. The van der Waals surface area contributed by atoms with Crippen LogP contribution in [-0.2, 0) is 62.6 Å². The van der Waals surface area contributed by atoms with E-state index >= 15 is 0 Å². The predicted molar refractivity (Wildman–Crippen MR) is 408 cm³/mol. The number of aliphatic hydroxyl groups is 16. The Kier molecular flexibility index (Phi) is 79.5. The molecule has 0 saturated heterocycles. The lowest BCUT2D eigenvalue weighted by atomic mass is 10.1. The van der Waals surface area contributed by atoms with E-state index in [1.807, 2.05) is 32.9 Å². The van der Waals surface area contributed by atoms with Crippen LogP contribution in [0, 0.1) is 22.7 Å². The largest absolute Gasteiger partial charge is 0.395 e. The molecule has 0 saturated carbocycles.